The summed E-state index contributed by atoms with van der Waals surface area (Å²) in [6.45, 7) is 2.11. The summed E-state index contributed by atoms with van der Waals surface area (Å²) >= 11 is 0. The van der Waals surface area contributed by atoms with Crippen LogP contribution in [0.2, 0.25) is 0 Å². The number of halogens is 1. The summed E-state index contributed by atoms with van der Waals surface area (Å²) in [7, 11) is 0. The lowest BCUT2D eigenvalue weighted by Crippen LogP contribution is -2.12. The minimum absolute atomic E-state index is 0.0755. The van der Waals surface area contributed by atoms with Gasteiger partial charge in [0.1, 0.15) is 12.4 Å². The molecule has 4 rings (SSSR count). The topological polar surface area (TPSA) is 120 Å². The van der Waals surface area contributed by atoms with Crippen LogP contribution in [0.3, 0.4) is 0 Å². The Bertz CT molecular complexity index is 1130. The maximum absolute atomic E-state index is 13.4. The highest BCUT2D eigenvalue weighted by molar-refractivity contribution is 5.58. The average Bonchev–Trinajstić information content (AvgIpc) is 3.12. The zero-order valence-electron chi connectivity index (χ0n) is 14.9. The van der Waals surface area contributed by atoms with Crippen molar-refractivity contribution in [3.05, 3.63) is 65.7 Å². The van der Waals surface area contributed by atoms with Crippen molar-refractivity contribution in [1.29, 1.82) is 0 Å². The van der Waals surface area contributed by atoms with Gasteiger partial charge < -0.3 is 11.1 Å². The molecule has 0 aliphatic carbocycles. The van der Waals surface area contributed by atoms with Crippen LogP contribution >= 0.6 is 0 Å². The molecule has 0 spiro atoms. The third kappa shape index (κ3) is 3.90. The van der Waals surface area contributed by atoms with Crippen molar-refractivity contribution in [2.45, 2.75) is 13.5 Å². The van der Waals surface area contributed by atoms with E-state index < -0.39 is 0 Å². The molecule has 0 bridgehead atoms. The highest BCUT2D eigenvalue weighted by Crippen LogP contribution is 2.18. The van der Waals surface area contributed by atoms with Crippen molar-refractivity contribution in [2.24, 2.45) is 0 Å². The number of aromatic nitrogens is 7. The second-order valence-electron chi connectivity index (χ2n) is 6.03. The molecule has 0 radical (unpaired) electrons. The molecule has 3 N–H and O–H groups in total. The van der Waals surface area contributed by atoms with E-state index in [0.717, 1.165) is 11.3 Å². The van der Waals surface area contributed by atoms with Crippen LogP contribution in [-0.2, 0) is 6.54 Å². The molecule has 0 aliphatic rings. The van der Waals surface area contributed by atoms with Gasteiger partial charge in [0.15, 0.2) is 5.82 Å². The number of benzene rings is 2. The SMILES string of the molecule is Cc1ccccc1Nc1nc(N)nc(Cn2nnc(-c3cccc(F)c3)n2)n1. The minimum Gasteiger partial charge on any atom is -0.368 e. The van der Waals surface area contributed by atoms with E-state index in [1.54, 1.807) is 12.1 Å². The largest absolute Gasteiger partial charge is 0.368 e. The van der Waals surface area contributed by atoms with E-state index in [2.05, 4.69) is 35.7 Å². The van der Waals surface area contributed by atoms with Gasteiger partial charge in [-0.15, -0.1) is 10.2 Å². The summed E-state index contributed by atoms with van der Waals surface area (Å²) in [5, 5.41) is 15.3. The number of rotatable bonds is 5. The van der Waals surface area contributed by atoms with Crippen molar-refractivity contribution in [3.63, 3.8) is 0 Å². The number of nitrogens with one attached hydrogen (secondary N) is 1. The van der Waals surface area contributed by atoms with Gasteiger partial charge in [-0.2, -0.15) is 19.7 Å². The number of para-hydroxylation sites is 1. The van der Waals surface area contributed by atoms with Gasteiger partial charge >= 0.3 is 0 Å². The van der Waals surface area contributed by atoms with E-state index in [4.69, 9.17) is 5.73 Å². The van der Waals surface area contributed by atoms with Gasteiger partial charge in [-0.25, -0.2) is 4.39 Å². The second kappa shape index (κ2) is 7.35. The molecule has 2 aromatic carbocycles. The third-order valence-corrected chi connectivity index (χ3v) is 3.91. The Hall–Kier alpha value is -3.95. The quantitative estimate of drug-likeness (QED) is 0.544. The molecular formula is C18H16FN9. The summed E-state index contributed by atoms with van der Waals surface area (Å²) in [5.74, 6) is 0.700. The van der Waals surface area contributed by atoms with Crippen LogP contribution in [-0.4, -0.2) is 35.2 Å². The van der Waals surface area contributed by atoms with Crippen LogP contribution in [0.15, 0.2) is 48.5 Å². The van der Waals surface area contributed by atoms with E-state index in [0.29, 0.717) is 23.2 Å². The normalized spacial score (nSPS) is 10.8. The second-order valence-corrected chi connectivity index (χ2v) is 6.03. The molecule has 9 nitrogen and oxygen atoms in total. The third-order valence-electron chi connectivity index (χ3n) is 3.91. The highest BCUT2D eigenvalue weighted by Gasteiger charge is 2.11. The molecular weight excluding hydrogens is 361 g/mol. The van der Waals surface area contributed by atoms with Gasteiger partial charge in [-0.3, -0.25) is 0 Å². The minimum atomic E-state index is -0.369. The van der Waals surface area contributed by atoms with Gasteiger partial charge in [-0.1, -0.05) is 30.3 Å². The maximum atomic E-state index is 13.4. The number of hydrogen-bond donors (Lipinski definition) is 2. The predicted molar refractivity (Wildman–Crippen MR) is 101 cm³/mol. The Balaban J connectivity index is 1.55. The number of nitrogen functional groups attached to an aromatic ring is 1. The van der Waals surface area contributed by atoms with Crippen molar-refractivity contribution in [3.8, 4) is 11.4 Å². The monoisotopic (exact) mass is 377 g/mol. The standard InChI is InChI=1S/C18H16FN9/c1-11-5-2-3-8-14(11)21-18-23-15(22-17(20)24-18)10-28-26-16(25-27-28)12-6-4-7-13(19)9-12/h2-9H,10H2,1H3,(H3,20,21,22,23,24). The van der Waals surface area contributed by atoms with E-state index in [1.807, 2.05) is 31.2 Å². The van der Waals surface area contributed by atoms with Gasteiger partial charge in [0.25, 0.3) is 0 Å². The van der Waals surface area contributed by atoms with Gasteiger partial charge in [0.05, 0.1) is 0 Å². The van der Waals surface area contributed by atoms with E-state index in [1.165, 1.54) is 16.9 Å². The van der Waals surface area contributed by atoms with Crippen LogP contribution in [0.25, 0.3) is 11.4 Å². The van der Waals surface area contributed by atoms with Crippen LogP contribution in [0.5, 0.6) is 0 Å². The van der Waals surface area contributed by atoms with E-state index in [-0.39, 0.29) is 18.3 Å². The smallest absolute Gasteiger partial charge is 0.232 e. The maximum Gasteiger partial charge on any atom is 0.232 e. The fraction of sp³-hybridized carbons (Fsp3) is 0.111. The molecule has 140 valence electrons. The molecule has 0 amide bonds. The first kappa shape index (κ1) is 17.5. The zero-order chi connectivity index (χ0) is 19.5. The van der Waals surface area contributed by atoms with Crippen molar-refractivity contribution >= 4 is 17.6 Å². The summed E-state index contributed by atoms with van der Waals surface area (Å²) < 4.78 is 13.4. The lowest BCUT2D eigenvalue weighted by Gasteiger charge is -2.09. The number of tetrazole rings is 1. The molecule has 0 fully saturated rings. The van der Waals surface area contributed by atoms with Crippen LogP contribution < -0.4 is 11.1 Å². The molecule has 0 aliphatic heterocycles. The lowest BCUT2D eigenvalue weighted by atomic mass is 10.2. The number of nitrogens with zero attached hydrogens (tertiary/aromatic N) is 7. The fourth-order valence-corrected chi connectivity index (χ4v) is 2.58. The number of aryl methyl sites for hydroxylation is 1. The molecule has 10 heteroatoms. The fourth-order valence-electron chi connectivity index (χ4n) is 2.58. The van der Waals surface area contributed by atoms with E-state index >= 15 is 0 Å². The Morgan fingerprint density at radius 3 is 2.75 bits per heavy atom. The van der Waals surface area contributed by atoms with Crippen LogP contribution in [0.4, 0.5) is 22.0 Å². The summed E-state index contributed by atoms with van der Waals surface area (Å²) in [5.41, 5.74) is 8.25. The first-order valence-electron chi connectivity index (χ1n) is 8.44. The molecule has 2 heterocycles. The molecule has 4 aromatic rings. The molecule has 0 unspecified atom stereocenters. The average molecular weight is 377 g/mol. The Morgan fingerprint density at radius 1 is 1.07 bits per heavy atom. The highest BCUT2D eigenvalue weighted by atomic mass is 19.1. The molecule has 2 aromatic heterocycles. The van der Waals surface area contributed by atoms with Crippen molar-refractivity contribution < 1.29 is 4.39 Å². The summed E-state index contributed by atoms with van der Waals surface area (Å²) in [6.07, 6.45) is 0. The van der Waals surface area contributed by atoms with Crippen molar-refractivity contribution in [2.75, 3.05) is 11.1 Å². The predicted octanol–water partition coefficient (Wildman–Crippen LogP) is 2.35. The van der Waals surface area contributed by atoms with Crippen molar-refractivity contribution in [1.82, 2.24) is 35.2 Å². The van der Waals surface area contributed by atoms with Gasteiger partial charge in [0, 0.05) is 11.3 Å². The Kier molecular flexibility index (Phi) is 4.58. The first-order chi connectivity index (χ1) is 13.6. The molecule has 28 heavy (non-hydrogen) atoms. The Labute approximate surface area is 159 Å². The molecule has 0 atom stereocenters. The van der Waals surface area contributed by atoms with Gasteiger partial charge in [-0.05, 0) is 35.9 Å². The zero-order valence-corrected chi connectivity index (χ0v) is 14.9. The summed E-state index contributed by atoms with van der Waals surface area (Å²) in [4.78, 5) is 13.9. The Morgan fingerprint density at radius 2 is 1.93 bits per heavy atom. The first-order valence-corrected chi connectivity index (χ1v) is 8.44. The lowest BCUT2D eigenvalue weighted by molar-refractivity contribution is 0.554. The van der Waals surface area contributed by atoms with Crippen LogP contribution in [0.1, 0.15) is 11.4 Å². The number of nitrogens with two attached hydrogens (primary N) is 1. The molecule has 0 saturated carbocycles. The summed E-state index contributed by atoms with van der Waals surface area (Å²) in [6, 6.07) is 13.7. The number of anilines is 3. The van der Waals surface area contributed by atoms with Gasteiger partial charge in [0.2, 0.25) is 17.7 Å². The van der Waals surface area contributed by atoms with E-state index in [9.17, 15) is 4.39 Å². The van der Waals surface area contributed by atoms with Crippen LogP contribution in [0, 0.1) is 12.7 Å². The number of hydrogen-bond acceptors (Lipinski definition) is 8. The molecule has 0 saturated heterocycles.